The predicted octanol–water partition coefficient (Wildman–Crippen LogP) is -9.04. The molecule has 0 bridgehead atoms. The van der Waals surface area contributed by atoms with Crippen molar-refractivity contribution in [2.45, 2.75) is 0 Å². The van der Waals surface area contributed by atoms with E-state index in [9.17, 15) is 0 Å². The zero-order chi connectivity index (χ0) is 7.15. The molecule has 0 heterocycles. The minimum absolute atomic E-state index is 0. The van der Waals surface area contributed by atoms with Gasteiger partial charge >= 0.3 is 81.9 Å². The summed E-state index contributed by atoms with van der Waals surface area (Å²) in [6.07, 6.45) is 0. The summed E-state index contributed by atoms with van der Waals surface area (Å²) in [5.74, 6) is 0. The van der Waals surface area contributed by atoms with E-state index in [1.54, 1.807) is 0 Å². The Morgan fingerprint density at radius 3 is 0.455 bits per heavy atom. The van der Waals surface area contributed by atoms with Gasteiger partial charge in [0, 0.05) is 0 Å². The molecule has 54 valence electrons. The first-order chi connectivity index (χ1) is 3.46. The van der Waals surface area contributed by atoms with Gasteiger partial charge in [0.25, 0.3) is 0 Å². The summed E-state index contributed by atoms with van der Waals surface area (Å²) in [5, 5.41) is 50.5. The van der Waals surface area contributed by atoms with Gasteiger partial charge in [0.1, 0.15) is 0 Å². The SMILES string of the molecule is [O-]B([O-])[O-].[O-]B([O-])[O-].[Pb+2].[Pb+2].[Pb+2]. The summed E-state index contributed by atoms with van der Waals surface area (Å²) in [6.45, 7) is 0. The molecule has 0 saturated heterocycles. The van der Waals surface area contributed by atoms with Crippen LogP contribution in [0.15, 0.2) is 0 Å². The molecule has 0 unspecified atom stereocenters. The van der Waals surface area contributed by atoms with E-state index in [0.717, 1.165) is 0 Å². The summed E-state index contributed by atoms with van der Waals surface area (Å²) < 4.78 is 0. The molecular weight excluding hydrogens is 739 g/mol. The Hall–Kier alpha value is 2.66. The first-order valence-electron chi connectivity index (χ1n) is 1.41. The molecular formula is B2O6Pb3. The second-order valence-electron chi connectivity index (χ2n) is 0.577. The van der Waals surface area contributed by atoms with Crippen LogP contribution in [0.5, 0.6) is 0 Å². The predicted molar refractivity (Wildman–Crippen MR) is 28.8 cm³/mol. The smallest absolute Gasteiger partial charge is 0.907 e. The third-order valence-corrected chi connectivity index (χ3v) is 0. The van der Waals surface area contributed by atoms with Crippen LogP contribution in [0.2, 0.25) is 0 Å². The second-order valence-corrected chi connectivity index (χ2v) is 0.577. The molecule has 0 N–H and O–H groups in total. The van der Waals surface area contributed by atoms with Gasteiger partial charge in [-0.1, -0.05) is 0 Å². The Morgan fingerprint density at radius 2 is 0.455 bits per heavy atom. The van der Waals surface area contributed by atoms with Crippen molar-refractivity contribution in [2.24, 2.45) is 0 Å². The molecule has 0 aliphatic rings. The Morgan fingerprint density at radius 1 is 0.455 bits per heavy atom. The van der Waals surface area contributed by atoms with Gasteiger partial charge in [-0.3, -0.25) is 14.6 Å². The maximum Gasteiger partial charge on any atom is 2.00 e. The molecule has 0 aliphatic carbocycles. The van der Waals surface area contributed by atoms with Crippen molar-refractivity contribution in [3.8, 4) is 0 Å². The topological polar surface area (TPSA) is 138 Å². The van der Waals surface area contributed by atoms with Crippen LogP contribution in [0, 0.1) is 0 Å². The average Bonchev–Trinajstić information content (AvgIpc) is 1.25. The van der Waals surface area contributed by atoms with Crippen LogP contribution >= 0.6 is 0 Å². The van der Waals surface area contributed by atoms with Crippen molar-refractivity contribution in [1.82, 2.24) is 0 Å². The van der Waals surface area contributed by atoms with E-state index in [2.05, 4.69) is 0 Å². The fourth-order valence-electron chi connectivity index (χ4n) is 0. The summed E-state index contributed by atoms with van der Waals surface area (Å²) in [6, 6.07) is 0. The van der Waals surface area contributed by atoms with E-state index in [4.69, 9.17) is 30.1 Å². The van der Waals surface area contributed by atoms with E-state index < -0.39 is 14.6 Å². The maximum atomic E-state index is 8.42. The van der Waals surface area contributed by atoms with Gasteiger partial charge in [0.15, 0.2) is 0 Å². The van der Waals surface area contributed by atoms with Crippen molar-refractivity contribution >= 4 is 96.5 Å². The molecule has 0 fully saturated rings. The minimum atomic E-state index is -2.92. The minimum Gasteiger partial charge on any atom is -0.907 e. The van der Waals surface area contributed by atoms with Crippen molar-refractivity contribution < 1.29 is 30.1 Å². The fourth-order valence-corrected chi connectivity index (χ4v) is 0. The maximum absolute atomic E-state index is 8.42. The van der Waals surface area contributed by atoms with Gasteiger partial charge in [-0.15, -0.1) is 0 Å². The van der Waals surface area contributed by atoms with Gasteiger partial charge in [0.2, 0.25) is 0 Å². The molecule has 0 spiro atoms. The summed E-state index contributed by atoms with van der Waals surface area (Å²) in [4.78, 5) is 0. The normalized spacial score (nSPS) is 4.91. The second kappa shape index (κ2) is 22.9. The average molecular weight is 739 g/mol. The summed E-state index contributed by atoms with van der Waals surface area (Å²) in [5.41, 5.74) is 0. The summed E-state index contributed by atoms with van der Waals surface area (Å²) >= 11 is 0. The van der Waals surface area contributed by atoms with Crippen LogP contribution in [0.1, 0.15) is 0 Å². The van der Waals surface area contributed by atoms with E-state index in [1.165, 1.54) is 0 Å². The standard InChI is InChI=1S/2BO3.3Pb/c2*2-1(3)4;;;/q2*-3;3*+2. The zero-order valence-electron chi connectivity index (χ0n) is 5.10. The third kappa shape index (κ3) is 204. The molecule has 11 heavy (non-hydrogen) atoms. The zero-order valence-corrected chi connectivity index (χ0v) is 16.8. The monoisotopic (exact) mass is 742 g/mol. The molecule has 6 nitrogen and oxygen atoms in total. The third-order valence-electron chi connectivity index (χ3n) is 0. The Balaban J connectivity index is -0.0000000171. The summed E-state index contributed by atoms with van der Waals surface area (Å²) in [7, 11) is -5.83. The van der Waals surface area contributed by atoms with Crippen LogP contribution in [0.25, 0.3) is 0 Å². The van der Waals surface area contributed by atoms with Crippen LogP contribution in [-0.2, 0) is 0 Å². The van der Waals surface area contributed by atoms with E-state index >= 15 is 0 Å². The molecule has 0 amide bonds. The number of hydrogen-bond acceptors (Lipinski definition) is 6. The van der Waals surface area contributed by atoms with Crippen molar-refractivity contribution in [2.75, 3.05) is 0 Å². The van der Waals surface area contributed by atoms with Crippen molar-refractivity contribution in [3.05, 3.63) is 0 Å². The molecule has 0 aromatic heterocycles. The Bertz CT molecular complexity index is 31.3. The fraction of sp³-hybridized carbons (Fsp3) is 0. The Kier molecular flexibility index (Phi) is 60.9. The quantitative estimate of drug-likeness (QED) is 0.227. The first kappa shape index (κ1) is 29.2. The molecule has 0 saturated carbocycles. The number of rotatable bonds is 0. The van der Waals surface area contributed by atoms with Gasteiger partial charge < -0.3 is 30.1 Å². The van der Waals surface area contributed by atoms with Crippen LogP contribution in [-0.4, -0.2) is 96.5 Å². The van der Waals surface area contributed by atoms with Gasteiger partial charge in [-0.2, -0.15) is 0 Å². The van der Waals surface area contributed by atoms with Gasteiger partial charge in [-0.05, 0) is 0 Å². The van der Waals surface area contributed by atoms with Crippen LogP contribution < -0.4 is 30.1 Å². The van der Waals surface area contributed by atoms with Gasteiger partial charge in [-0.25, -0.2) is 0 Å². The molecule has 0 atom stereocenters. The molecule has 6 radical (unpaired) electrons. The van der Waals surface area contributed by atoms with Crippen molar-refractivity contribution in [3.63, 3.8) is 0 Å². The molecule has 0 aromatic carbocycles. The molecule has 0 aromatic rings. The molecule has 0 rings (SSSR count). The van der Waals surface area contributed by atoms with Gasteiger partial charge in [0.05, 0.1) is 0 Å². The van der Waals surface area contributed by atoms with Crippen LogP contribution in [0.3, 0.4) is 0 Å². The molecule has 11 heteroatoms. The van der Waals surface area contributed by atoms with Crippen LogP contribution in [0.4, 0.5) is 0 Å². The molecule has 0 aliphatic heterocycles. The Labute approximate surface area is 125 Å². The van der Waals surface area contributed by atoms with E-state index in [1.807, 2.05) is 0 Å². The largest absolute Gasteiger partial charge is 2.00 e. The van der Waals surface area contributed by atoms with E-state index in [0.29, 0.717) is 0 Å². The van der Waals surface area contributed by atoms with Crippen molar-refractivity contribution in [1.29, 1.82) is 0 Å². The number of hydrogen-bond donors (Lipinski definition) is 0. The van der Waals surface area contributed by atoms with E-state index in [-0.39, 0.29) is 81.9 Å². The first-order valence-corrected chi connectivity index (χ1v) is 1.41.